The first-order valence-electron chi connectivity index (χ1n) is 9.72. The van der Waals surface area contributed by atoms with Crippen molar-refractivity contribution in [3.8, 4) is 11.3 Å². The van der Waals surface area contributed by atoms with E-state index in [9.17, 15) is 0 Å². The van der Waals surface area contributed by atoms with Gasteiger partial charge in [0, 0.05) is 36.3 Å². The monoisotopic (exact) mass is 360 g/mol. The Bertz CT molecular complexity index is 928. The third-order valence-corrected chi connectivity index (χ3v) is 5.93. The number of aromatic nitrogens is 4. The predicted molar refractivity (Wildman–Crippen MR) is 106 cm³/mol. The Balaban J connectivity index is 1.43. The van der Waals surface area contributed by atoms with Gasteiger partial charge in [0.25, 0.3) is 0 Å². The van der Waals surface area contributed by atoms with Crippen LogP contribution >= 0.6 is 0 Å². The maximum absolute atomic E-state index is 4.89. The van der Waals surface area contributed by atoms with Crippen LogP contribution < -0.4 is 10.6 Å². The summed E-state index contributed by atoms with van der Waals surface area (Å²) in [7, 11) is 0. The summed E-state index contributed by atoms with van der Waals surface area (Å²) in [5.41, 5.74) is 6.37. The average Bonchev–Trinajstić information content (AvgIpc) is 3.23. The smallest absolute Gasteiger partial charge is 0.223 e. The van der Waals surface area contributed by atoms with Crippen LogP contribution in [0.2, 0.25) is 0 Å². The quantitative estimate of drug-likeness (QED) is 0.667. The number of hydrogen-bond acceptors (Lipinski definition) is 5. The SMILES string of the molecule is c1ccc2c(c1)-c1nc(NCCc3c[nH]cn3)ncc1CC21CCNCC1. The minimum atomic E-state index is 0.229. The molecule has 1 fully saturated rings. The molecule has 0 bridgehead atoms. The Labute approximate surface area is 158 Å². The predicted octanol–water partition coefficient (Wildman–Crippen LogP) is 2.70. The van der Waals surface area contributed by atoms with Crippen molar-refractivity contribution in [2.24, 2.45) is 0 Å². The second-order valence-electron chi connectivity index (χ2n) is 7.56. The first-order valence-corrected chi connectivity index (χ1v) is 9.72. The van der Waals surface area contributed by atoms with E-state index in [1.54, 1.807) is 6.33 Å². The number of benzene rings is 1. The summed E-state index contributed by atoms with van der Waals surface area (Å²) >= 11 is 0. The van der Waals surface area contributed by atoms with Gasteiger partial charge >= 0.3 is 0 Å². The summed E-state index contributed by atoms with van der Waals surface area (Å²) in [6.07, 6.45) is 9.88. The second-order valence-corrected chi connectivity index (χ2v) is 7.56. The zero-order valence-corrected chi connectivity index (χ0v) is 15.3. The van der Waals surface area contributed by atoms with Gasteiger partial charge in [-0.25, -0.2) is 15.0 Å². The van der Waals surface area contributed by atoms with Crippen LogP contribution in [0, 0.1) is 0 Å². The lowest BCUT2D eigenvalue weighted by Crippen LogP contribution is -2.43. The minimum absolute atomic E-state index is 0.229. The van der Waals surface area contributed by atoms with E-state index in [-0.39, 0.29) is 5.41 Å². The van der Waals surface area contributed by atoms with Gasteiger partial charge in [-0.05, 0) is 43.5 Å². The van der Waals surface area contributed by atoms with Crippen molar-refractivity contribution in [1.82, 2.24) is 25.3 Å². The Morgan fingerprint density at radius 1 is 1.11 bits per heavy atom. The third kappa shape index (κ3) is 3.00. The maximum atomic E-state index is 4.89. The number of imidazole rings is 1. The fourth-order valence-corrected chi connectivity index (χ4v) is 4.55. The molecule has 0 unspecified atom stereocenters. The van der Waals surface area contributed by atoms with Gasteiger partial charge in [-0.1, -0.05) is 24.3 Å². The molecule has 1 aromatic carbocycles. The van der Waals surface area contributed by atoms with E-state index in [1.165, 1.54) is 29.5 Å². The van der Waals surface area contributed by atoms with E-state index in [0.29, 0.717) is 5.95 Å². The molecule has 6 nitrogen and oxygen atoms in total. The van der Waals surface area contributed by atoms with E-state index in [0.717, 1.165) is 43.9 Å². The summed E-state index contributed by atoms with van der Waals surface area (Å²) in [5, 5.41) is 6.86. The van der Waals surface area contributed by atoms with Crippen LogP contribution in [0.4, 0.5) is 5.95 Å². The summed E-state index contributed by atoms with van der Waals surface area (Å²) < 4.78 is 0. The van der Waals surface area contributed by atoms with Crippen molar-refractivity contribution in [3.63, 3.8) is 0 Å². The maximum Gasteiger partial charge on any atom is 0.223 e. The number of piperidine rings is 1. The average molecular weight is 360 g/mol. The third-order valence-electron chi connectivity index (χ3n) is 5.93. The highest BCUT2D eigenvalue weighted by Gasteiger charge is 2.40. The molecule has 3 aromatic rings. The van der Waals surface area contributed by atoms with E-state index in [2.05, 4.69) is 49.9 Å². The minimum Gasteiger partial charge on any atom is -0.354 e. The van der Waals surface area contributed by atoms with Crippen LogP contribution in [-0.4, -0.2) is 39.6 Å². The number of aromatic amines is 1. The zero-order valence-electron chi connectivity index (χ0n) is 15.3. The summed E-state index contributed by atoms with van der Waals surface area (Å²) in [4.78, 5) is 16.7. The van der Waals surface area contributed by atoms with Crippen molar-refractivity contribution < 1.29 is 0 Å². The molecule has 0 atom stereocenters. The molecule has 1 saturated heterocycles. The molecule has 2 aliphatic rings. The van der Waals surface area contributed by atoms with Gasteiger partial charge in [-0.15, -0.1) is 0 Å². The molecule has 1 spiro atoms. The molecule has 0 amide bonds. The van der Waals surface area contributed by atoms with Crippen molar-refractivity contribution in [1.29, 1.82) is 0 Å². The van der Waals surface area contributed by atoms with Crippen molar-refractivity contribution >= 4 is 5.95 Å². The number of hydrogen-bond donors (Lipinski definition) is 3. The first kappa shape index (κ1) is 16.4. The van der Waals surface area contributed by atoms with E-state index in [1.807, 2.05) is 12.4 Å². The molecule has 27 heavy (non-hydrogen) atoms. The van der Waals surface area contributed by atoms with E-state index in [4.69, 9.17) is 4.98 Å². The van der Waals surface area contributed by atoms with Gasteiger partial charge in [0.05, 0.1) is 17.7 Å². The molecule has 3 N–H and O–H groups in total. The number of nitrogens with one attached hydrogen (secondary N) is 3. The van der Waals surface area contributed by atoms with Gasteiger partial charge in [0.15, 0.2) is 0 Å². The summed E-state index contributed by atoms with van der Waals surface area (Å²) in [6, 6.07) is 8.81. The molecule has 2 aromatic heterocycles. The topological polar surface area (TPSA) is 78.5 Å². The van der Waals surface area contributed by atoms with Crippen LogP contribution in [0.3, 0.4) is 0 Å². The number of rotatable bonds is 4. The van der Waals surface area contributed by atoms with Gasteiger partial charge in [-0.2, -0.15) is 0 Å². The van der Waals surface area contributed by atoms with Gasteiger partial charge < -0.3 is 15.6 Å². The molecule has 5 rings (SSSR count). The largest absolute Gasteiger partial charge is 0.354 e. The lowest BCUT2D eigenvalue weighted by atomic mass is 9.64. The number of fused-ring (bicyclic) bond motifs is 4. The number of nitrogens with zero attached hydrogens (tertiary/aromatic N) is 3. The highest BCUT2D eigenvalue weighted by molar-refractivity contribution is 5.72. The molecular formula is C21H24N6. The van der Waals surface area contributed by atoms with Crippen LogP contribution in [-0.2, 0) is 18.3 Å². The molecule has 0 radical (unpaired) electrons. The lowest BCUT2D eigenvalue weighted by molar-refractivity contribution is 0.302. The van der Waals surface area contributed by atoms with Crippen molar-refractivity contribution in [2.45, 2.75) is 31.1 Å². The van der Waals surface area contributed by atoms with Gasteiger partial charge in [0.2, 0.25) is 5.95 Å². The highest BCUT2D eigenvalue weighted by atomic mass is 15.1. The van der Waals surface area contributed by atoms with Crippen molar-refractivity contribution in [3.05, 3.63) is 59.8 Å². The van der Waals surface area contributed by atoms with Crippen LogP contribution in [0.15, 0.2) is 43.0 Å². The Hall–Kier alpha value is -2.73. The molecule has 138 valence electrons. The fraction of sp³-hybridized carbons (Fsp3) is 0.381. The Morgan fingerprint density at radius 2 is 2.00 bits per heavy atom. The summed E-state index contributed by atoms with van der Waals surface area (Å²) in [5.74, 6) is 0.695. The molecule has 1 aliphatic carbocycles. The van der Waals surface area contributed by atoms with Gasteiger partial charge in [-0.3, -0.25) is 0 Å². The molecule has 0 saturated carbocycles. The van der Waals surface area contributed by atoms with E-state index >= 15 is 0 Å². The van der Waals surface area contributed by atoms with Crippen LogP contribution in [0.1, 0.15) is 29.7 Å². The van der Waals surface area contributed by atoms with Crippen LogP contribution in [0.25, 0.3) is 11.3 Å². The molecular weight excluding hydrogens is 336 g/mol. The van der Waals surface area contributed by atoms with Gasteiger partial charge in [0.1, 0.15) is 0 Å². The Kier molecular flexibility index (Phi) is 4.13. The number of H-pyrrole nitrogens is 1. The van der Waals surface area contributed by atoms with Crippen LogP contribution in [0.5, 0.6) is 0 Å². The first-order chi connectivity index (χ1) is 13.3. The highest BCUT2D eigenvalue weighted by Crippen LogP contribution is 2.46. The summed E-state index contributed by atoms with van der Waals surface area (Å²) in [6.45, 7) is 2.93. The molecule has 3 heterocycles. The fourth-order valence-electron chi connectivity index (χ4n) is 4.55. The second kappa shape index (κ2) is 6.78. The molecule has 1 aliphatic heterocycles. The normalized spacial score (nSPS) is 17.3. The molecule has 6 heteroatoms. The Morgan fingerprint density at radius 3 is 2.85 bits per heavy atom. The van der Waals surface area contributed by atoms with E-state index < -0.39 is 0 Å². The zero-order chi connectivity index (χ0) is 18.1. The standard InChI is InChI=1S/C21H24N6/c1-2-4-18-17(3-1)19-15(11-21(18)6-9-22-10-7-21)12-25-20(27-19)24-8-5-16-13-23-14-26-16/h1-4,12-14,22H,5-11H2,(H,23,26)(H,24,25,27). The lowest BCUT2D eigenvalue weighted by Gasteiger charge is -2.42. The number of anilines is 1. The van der Waals surface area contributed by atoms with Crippen molar-refractivity contribution in [2.75, 3.05) is 25.0 Å².